The van der Waals surface area contributed by atoms with Gasteiger partial charge in [-0.2, -0.15) is 4.98 Å². The van der Waals surface area contributed by atoms with Crippen molar-refractivity contribution in [1.82, 2.24) is 10.1 Å². The van der Waals surface area contributed by atoms with Gasteiger partial charge in [0.15, 0.2) is 11.5 Å². The van der Waals surface area contributed by atoms with Crippen LogP contribution in [0.4, 0.5) is 0 Å². The van der Waals surface area contributed by atoms with E-state index in [1.807, 2.05) is 0 Å². The fourth-order valence-electron chi connectivity index (χ4n) is 1.94. The van der Waals surface area contributed by atoms with Gasteiger partial charge in [0.25, 0.3) is 0 Å². The Morgan fingerprint density at radius 3 is 2.71 bits per heavy atom. The summed E-state index contributed by atoms with van der Waals surface area (Å²) in [6.07, 6.45) is 2.57. The standard InChI is InChI=1S/C14H18ClN3O3/c1-19-11-8-9(7-10(15)13(11)20-2)14-17-12(21-18-14)5-3-4-6-16/h7-8H,3-6,16H2,1-2H3. The Balaban J connectivity index is 2.24. The molecule has 0 spiro atoms. The molecule has 0 amide bonds. The summed E-state index contributed by atoms with van der Waals surface area (Å²) in [6, 6.07) is 3.48. The average Bonchev–Trinajstić information content (AvgIpc) is 2.95. The minimum Gasteiger partial charge on any atom is -0.493 e. The molecular formula is C14H18ClN3O3. The monoisotopic (exact) mass is 311 g/mol. The van der Waals surface area contributed by atoms with E-state index in [9.17, 15) is 0 Å². The van der Waals surface area contributed by atoms with E-state index < -0.39 is 0 Å². The van der Waals surface area contributed by atoms with Crippen LogP contribution in [-0.4, -0.2) is 30.9 Å². The number of hydrogen-bond acceptors (Lipinski definition) is 6. The predicted octanol–water partition coefficient (Wildman–Crippen LogP) is 2.69. The van der Waals surface area contributed by atoms with E-state index in [0.29, 0.717) is 46.8 Å². The third kappa shape index (κ3) is 3.65. The maximum Gasteiger partial charge on any atom is 0.226 e. The second kappa shape index (κ2) is 7.28. The lowest BCUT2D eigenvalue weighted by Gasteiger charge is -2.10. The quantitative estimate of drug-likeness (QED) is 0.791. The number of aromatic nitrogens is 2. The summed E-state index contributed by atoms with van der Waals surface area (Å²) in [6.45, 7) is 0.659. The Labute approximate surface area is 128 Å². The summed E-state index contributed by atoms with van der Waals surface area (Å²) in [5, 5.41) is 4.40. The average molecular weight is 312 g/mol. The molecule has 0 aliphatic rings. The first kappa shape index (κ1) is 15.6. The van der Waals surface area contributed by atoms with Crippen molar-refractivity contribution >= 4 is 11.6 Å². The van der Waals surface area contributed by atoms with E-state index >= 15 is 0 Å². The van der Waals surface area contributed by atoms with Crippen molar-refractivity contribution in [1.29, 1.82) is 0 Å². The maximum atomic E-state index is 6.17. The number of aryl methyl sites for hydroxylation is 1. The summed E-state index contributed by atoms with van der Waals surface area (Å²) >= 11 is 6.17. The summed E-state index contributed by atoms with van der Waals surface area (Å²) in [5.74, 6) is 2.06. The summed E-state index contributed by atoms with van der Waals surface area (Å²) < 4.78 is 15.7. The van der Waals surface area contributed by atoms with Gasteiger partial charge in [-0.25, -0.2) is 0 Å². The fraction of sp³-hybridized carbons (Fsp3) is 0.429. The number of nitrogens with two attached hydrogens (primary N) is 1. The fourth-order valence-corrected chi connectivity index (χ4v) is 2.23. The molecule has 0 saturated carbocycles. The lowest BCUT2D eigenvalue weighted by molar-refractivity contribution is 0.355. The van der Waals surface area contributed by atoms with Gasteiger partial charge in [0.2, 0.25) is 11.7 Å². The van der Waals surface area contributed by atoms with E-state index in [1.165, 1.54) is 7.11 Å². The Kier molecular flexibility index (Phi) is 5.41. The highest BCUT2D eigenvalue weighted by atomic mass is 35.5. The number of benzene rings is 1. The summed E-state index contributed by atoms with van der Waals surface area (Å²) in [7, 11) is 3.08. The normalized spacial score (nSPS) is 10.7. The van der Waals surface area contributed by atoms with Crippen molar-refractivity contribution < 1.29 is 14.0 Å². The van der Waals surface area contributed by atoms with Gasteiger partial charge in [-0.3, -0.25) is 0 Å². The maximum absolute atomic E-state index is 6.17. The zero-order chi connectivity index (χ0) is 15.2. The molecular weight excluding hydrogens is 294 g/mol. The molecule has 2 aromatic rings. The van der Waals surface area contributed by atoms with Crippen molar-refractivity contribution in [3.63, 3.8) is 0 Å². The zero-order valence-electron chi connectivity index (χ0n) is 12.1. The molecule has 0 fully saturated rings. The van der Waals surface area contributed by atoms with Crippen molar-refractivity contribution in [3.05, 3.63) is 23.0 Å². The van der Waals surface area contributed by atoms with Crippen LogP contribution in [0.25, 0.3) is 11.4 Å². The highest BCUT2D eigenvalue weighted by molar-refractivity contribution is 6.32. The largest absolute Gasteiger partial charge is 0.493 e. The number of methoxy groups -OCH3 is 2. The van der Waals surface area contributed by atoms with Crippen LogP contribution in [0.3, 0.4) is 0 Å². The topological polar surface area (TPSA) is 83.4 Å². The first-order valence-corrected chi connectivity index (χ1v) is 7.02. The van der Waals surface area contributed by atoms with Gasteiger partial charge in [-0.15, -0.1) is 0 Å². The lowest BCUT2D eigenvalue weighted by atomic mass is 10.2. The summed E-state index contributed by atoms with van der Waals surface area (Å²) in [4.78, 5) is 4.35. The third-order valence-corrected chi connectivity index (χ3v) is 3.29. The van der Waals surface area contributed by atoms with Crippen LogP contribution in [-0.2, 0) is 6.42 Å². The molecule has 1 aromatic heterocycles. The number of unbranched alkanes of at least 4 members (excludes halogenated alkanes) is 1. The minimum atomic E-state index is 0.432. The van der Waals surface area contributed by atoms with E-state index in [4.69, 9.17) is 31.3 Å². The molecule has 0 saturated heterocycles. The van der Waals surface area contributed by atoms with Gasteiger partial charge in [-0.1, -0.05) is 16.8 Å². The molecule has 0 aliphatic carbocycles. The first-order valence-electron chi connectivity index (χ1n) is 6.64. The van der Waals surface area contributed by atoms with Crippen LogP contribution in [0.1, 0.15) is 18.7 Å². The Hall–Kier alpha value is -1.79. The van der Waals surface area contributed by atoms with Crippen molar-refractivity contribution in [3.8, 4) is 22.9 Å². The highest BCUT2D eigenvalue weighted by Gasteiger charge is 2.15. The van der Waals surface area contributed by atoms with Gasteiger partial charge in [0, 0.05) is 12.0 Å². The van der Waals surface area contributed by atoms with Gasteiger partial charge < -0.3 is 19.7 Å². The molecule has 0 radical (unpaired) electrons. The second-order valence-electron chi connectivity index (χ2n) is 4.45. The van der Waals surface area contributed by atoms with E-state index in [-0.39, 0.29) is 0 Å². The van der Waals surface area contributed by atoms with Gasteiger partial charge in [0.1, 0.15) is 0 Å². The lowest BCUT2D eigenvalue weighted by Crippen LogP contribution is -1.99. The molecule has 1 aromatic carbocycles. The molecule has 0 bridgehead atoms. The molecule has 114 valence electrons. The predicted molar refractivity (Wildman–Crippen MR) is 79.8 cm³/mol. The molecule has 0 aliphatic heterocycles. The molecule has 0 unspecified atom stereocenters. The highest BCUT2D eigenvalue weighted by Crippen LogP contribution is 2.38. The molecule has 0 atom stereocenters. The molecule has 7 heteroatoms. The second-order valence-corrected chi connectivity index (χ2v) is 4.86. The van der Waals surface area contributed by atoms with E-state index in [1.54, 1.807) is 19.2 Å². The van der Waals surface area contributed by atoms with Crippen LogP contribution in [0.15, 0.2) is 16.7 Å². The first-order chi connectivity index (χ1) is 10.2. The number of ether oxygens (including phenoxy) is 2. The van der Waals surface area contributed by atoms with Crippen LogP contribution in [0, 0.1) is 0 Å². The minimum absolute atomic E-state index is 0.432. The van der Waals surface area contributed by atoms with Crippen molar-refractivity contribution in [2.45, 2.75) is 19.3 Å². The Morgan fingerprint density at radius 2 is 2.05 bits per heavy atom. The molecule has 2 N–H and O–H groups in total. The number of nitrogens with zero attached hydrogens (tertiary/aromatic N) is 2. The van der Waals surface area contributed by atoms with Gasteiger partial charge in [0.05, 0.1) is 19.2 Å². The van der Waals surface area contributed by atoms with Crippen LogP contribution < -0.4 is 15.2 Å². The third-order valence-electron chi connectivity index (χ3n) is 3.00. The number of halogens is 1. The molecule has 2 rings (SSSR count). The van der Waals surface area contributed by atoms with E-state index in [2.05, 4.69) is 10.1 Å². The van der Waals surface area contributed by atoms with Crippen molar-refractivity contribution in [2.24, 2.45) is 5.73 Å². The Morgan fingerprint density at radius 1 is 1.24 bits per heavy atom. The number of hydrogen-bond donors (Lipinski definition) is 1. The van der Waals surface area contributed by atoms with Crippen LogP contribution in [0.2, 0.25) is 5.02 Å². The number of rotatable bonds is 7. The summed E-state index contributed by atoms with van der Waals surface area (Å²) in [5.41, 5.74) is 6.17. The van der Waals surface area contributed by atoms with E-state index in [0.717, 1.165) is 12.8 Å². The van der Waals surface area contributed by atoms with Crippen LogP contribution in [0.5, 0.6) is 11.5 Å². The zero-order valence-corrected chi connectivity index (χ0v) is 12.8. The smallest absolute Gasteiger partial charge is 0.226 e. The SMILES string of the molecule is COc1cc(-c2noc(CCCCN)n2)cc(Cl)c1OC. The van der Waals surface area contributed by atoms with Crippen molar-refractivity contribution in [2.75, 3.05) is 20.8 Å². The molecule has 6 nitrogen and oxygen atoms in total. The molecule has 21 heavy (non-hydrogen) atoms. The molecule has 1 heterocycles. The Bertz CT molecular complexity index is 601. The van der Waals surface area contributed by atoms with Crippen LogP contribution >= 0.6 is 11.6 Å². The van der Waals surface area contributed by atoms with Gasteiger partial charge >= 0.3 is 0 Å². The van der Waals surface area contributed by atoms with Gasteiger partial charge in [-0.05, 0) is 31.5 Å².